The predicted molar refractivity (Wildman–Crippen MR) is 109 cm³/mol. The number of nitriles is 2. The Morgan fingerprint density at radius 1 is 0.714 bits per heavy atom. The lowest BCUT2D eigenvalue weighted by Gasteiger charge is -2.15. The second-order valence-corrected chi connectivity index (χ2v) is 10.3. The summed E-state index contributed by atoms with van der Waals surface area (Å²) in [5.41, 5.74) is 1.05. The van der Waals surface area contributed by atoms with Crippen LogP contribution in [0.2, 0.25) is 0 Å². The number of rotatable bonds is 2. The second-order valence-electron chi connectivity index (χ2n) is 5.74. The number of ether oxygens (including phenoxy) is 2. The van der Waals surface area contributed by atoms with Crippen LogP contribution in [0.25, 0.3) is 0 Å². The first-order valence-corrected chi connectivity index (χ1v) is 11.1. The Bertz CT molecular complexity index is 998. The molecule has 0 bridgehead atoms. The number of hydrogen-bond acceptors (Lipinski definition) is 10. The maximum Gasteiger partial charge on any atom is 0.308 e. The average Bonchev–Trinajstić information content (AvgIpc) is 3.23. The van der Waals surface area contributed by atoms with Crippen LogP contribution in [0.1, 0.15) is 27.7 Å². The van der Waals surface area contributed by atoms with Gasteiger partial charge in [0.1, 0.15) is 17.7 Å². The van der Waals surface area contributed by atoms with Crippen molar-refractivity contribution in [1.82, 2.24) is 0 Å². The molecule has 0 aliphatic carbocycles. The Hall–Kier alpha value is -1.98. The van der Waals surface area contributed by atoms with Gasteiger partial charge in [0.2, 0.25) is 0 Å². The Morgan fingerprint density at radius 3 is 1.36 bits per heavy atom. The molecular formula is C18H12N2O4S4. The molecule has 0 spiro atoms. The van der Waals surface area contributed by atoms with Gasteiger partial charge in [-0.25, -0.2) is 0 Å². The van der Waals surface area contributed by atoms with Crippen LogP contribution < -0.4 is 9.47 Å². The summed E-state index contributed by atoms with van der Waals surface area (Å²) in [7, 11) is 0. The van der Waals surface area contributed by atoms with E-state index in [1.807, 2.05) is 26.0 Å². The van der Waals surface area contributed by atoms with Crippen molar-refractivity contribution in [2.24, 2.45) is 0 Å². The molecule has 0 N–H and O–H groups in total. The van der Waals surface area contributed by atoms with Crippen molar-refractivity contribution in [3.63, 3.8) is 0 Å². The molecule has 2 aliphatic rings. The molecule has 0 atom stereocenters. The highest BCUT2D eigenvalue weighted by molar-refractivity contribution is 8.25. The van der Waals surface area contributed by atoms with E-state index < -0.39 is 11.9 Å². The third-order valence-electron chi connectivity index (χ3n) is 3.34. The minimum Gasteiger partial charge on any atom is -0.424 e. The largest absolute Gasteiger partial charge is 0.424 e. The standard InChI is InChI=1S/C18H12N2O4S4/c1-7(2)17-25-13-11(23-8(3)21)15-16(12(14(13)26-17)24-9(4)22)28-18(27-15)10(5-19)6-20/h1-4H3. The van der Waals surface area contributed by atoms with Crippen molar-refractivity contribution >= 4 is 59.0 Å². The van der Waals surface area contributed by atoms with Crippen molar-refractivity contribution in [2.75, 3.05) is 0 Å². The zero-order valence-corrected chi connectivity index (χ0v) is 18.4. The third-order valence-corrected chi connectivity index (χ3v) is 8.94. The Kier molecular flexibility index (Phi) is 6.06. The van der Waals surface area contributed by atoms with Gasteiger partial charge in [0.25, 0.3) is 0 Å². The van der Waals surface area contributed by atoms with E-state index in [0.717, 1.165) is 9.81 Å². The van der Waals surface area contributed by atoms with Gasteiger partial charge >= 0.3 is 11.9 Å². The number of benzene rings is 1. The van der Waals surface area contributed by atoms with Crippen molar-refractivity contribution in [1.29, 1.82) is 10.5 Å². The van der Waals surface area contributed by atoms with E-state index in [2.05, 4.69) is 0 Å². The fourth-order valence-electron chi connectivity index (χ4n) is 2.30. The lowest BCUT2D eigenvalue weighted by molar-refractivity contribution is -0.133. The van der Waals surface area contributed by atoms with Crippen LogP contribution in [-0.4, -0.2) is 11.9 Å². The lowest BCUT2D eigenvalue weighted by atomic mass is 10.3. The summed E-state index contributed by atoms with van der Waals surface area (Å²) in [5, 5.41) is 18.4. The number of hydrogen-bond donors (Lipinski definition) is 0. The second kappa shape index (κ2) is 8.18. The molecule has 2 aliphatic heterocycles. The monoisotopic (exact) mass is 448 g/mol. The highest BCUT2D eigenvalue weighted by Crippen LogP contribution is 2.68. The molecule has 0 unspecified atom stereocenters. The zero-order chi connectivity index (χ0) is 20.6. The van der Waals surface area contributed by atoms with Gasteiger partial charge in [-0.05, 0) is 13.8 Å². The van der Waals surface area contributed by atoms with Gasteiger partial charge < -0.3 is 9.47 Å². The van der Waals surface area contributed by atoms with Crippen molar-refractivity contribution in [2.45, 2.75) is 47.3 Å². The van der Waals surface area contributed by atoms with E-state index in [-0.39, 0.29) is 5.57 Å². The molecule has 10 heteroatoms. The van der Waals surface area contributed by atoms with E-state index in [1.165, 1.54) is 60.9 Å². The lowest BCUT2D eigenvalue weighted by Crippen LogP contribution is -2.07. The Labute approximate surface area is 178 Å². The van der Waals surface area contributed by atoms with Gasteiger partial charge in [0, 0.05) is 18.1 Å². The van der Waals surface area contributed by atoms with E-state index in [0.29, 0.717) is 35.3 Å². The van der Waals surface area contributed by atoms with Crippen molar-refractivity contribution in [3.8, 4) is 23.6 Å². The molecule has 0 radical (unpaired) electrons. The van der Waals surface area contributed by atoms with Gasteiger partial charge in [-0.3, -0.25) is 9.59 Å². The first-order valence-electron chi connectivity index (χ1n) is 7.80. The van der Waals surface area contributed by atoms with Crippen LogP contribution in [0.3, 0.4) is 0 Å². The van der Waals surface area contributed by atoms with Crippen LogP contribution in [0.5, 0.6) is 11.5 Å². The maximum atomic E-state index is 11.8. The number of nitrogens with zero attached hydrogens (tertiary/aromatic N) is 2. The van der Waals surface area contributed by atoms with E-state index in [4.69, 9.17) is 9.47 Å². The molecule has 1 aromatic rings. The molecule has 142 valence electrons. The summed E-state index contributed by atoms with van der Waals surface area (Å²) < 4.78 is 12.5. The number of thioether (sulfide) groups is 4. The van der Waals surface area contributed by atoms with Crippen molar-refractivity contribution < 1.29 is 19.1 Å². The molecule has 0 saturated heterocycles. The van der Waals surface area contributed by atoms with Crippen LogP contribution >= 0.6 is 47.0 Å². The molecular weight excluding hydrogens is 436 g/mol. The molecule has 0 saturated carbocycles. The number of esters is 2. The quantitative estimate of drug-likeness (QED) is 0.330. The molecule has 1 aromatic carbocycles. The first-order chi connectivity index (χ1) is 13.3. The first kappa shape index (κ1) is 20.7. The van der Waals surface area contributed by atoms with Crippen LogP contribution in [0, 0.1) is 22.7 Å². The van der Waals surface area contributed by atoms with E-state index >= 15 is 0 Å². The van der Waals surface area contributed by atoms with E-state index in [9.17, 15) is 20.1 Å². The van der Waals surface area contributed by atoms with E-state index in [1.54, 1.807) is 0 Å². The summed E-state index contributed by atoms with van der Waals surface area (Å²) in [6.45, 7) is 6.57. The maximum absolute atomic E-state index is 11.8. The molecule has 0 amide bonds. The van der Waals surface area contributed by atoms with Crippen molar-refractivity contribution in [3.05, 3.63) is 19.6 Å². The fourth-order valence-corrected chi connectivity index (χ4v) is 7.48. The van der Waals surface area contributed by atoms with Gasteiger partial charge in [0.15, 0.2) is 11.5 Å². The van der Waals surface area contributed by atoms with Gasteiger partial charge in [-0.15, -0.1) is 0 Å². The highest BCUT2D eigenvalue weighted by atomic mass is 32.2. The minimum absolute atomic E-state index is 0.0424. The van der Waals surface area contributed by atoms with Crippen LogP contribution in [-0.2, 0) is 9.59 Å². The highest BCUT2D eigenvalue weighted by Gasteiger charge is 2.38. The predicted octanol–water partition coefficient (Wildman–Crippen LogP) is 5.44. The summed E-state index contributed by atoms with van der Waals surface area (Å²) in [6, 6.07) is 3.74. The van der Waals surface area contributed by atoms with Crippen LogP contribution in [0.4, 0.5) is 0 Å². The molecule has 28 heavy (non-hydrogen) atoms. The van der Waals surface area contributed by atoms with Gasteiger partial charge in [0.05, 0.1) is 23.8 Å². The Balaban J connectivity index is 2.30. The third kappa shape index (κ3) is 3.78. The molecule has 0 fully saturated rings. The fraction of sp³-hybridized carbons (Fsp3) is 0.222. The molecule has 3 rings (SSSR count). The van der Waals surface area contributed by atoms with Gasteiger partial charge in [-0.2, -0.15) is 10.5 Å². The SMILES string of the molecule is CC(=O)Oc1c2c(c(OC(C)=O)c3c1SC(=C(C#N)C#N)S3)SC(=C(C)C)S2. The van der Waals surface area contributed by atoms with Gasteiger partial charge in [-0.1, -0.05) is 52.6 Å². The topological polar surface area (TPSA) is 100 Å². The summed E-state index contributed by atoms with van der Waals surface area (Å²) in [4.78, 5) is 26.0. The number of fused-ring (bicyclic) bond motifs is 2. The minimum atomic E-state index is -0.482. The molecule has 2 heterocycles. The summed E-state index contributed by atoms with van der Waals surface area (Å²) in [5.74, 6) is -0.232. The average molecular weight is 449 g/mol. The Morgan fingerprint density at radius 2 is 1.07 bits per heavy atom. The molecule has 0 aromatic heterocycles. The number of carbonyl (C=O) groups is 2. The number of allylic oxidation sites excluding steroid dienone is 2. The van der Waals surface area contributed by atoms with Crippen LogP contribution in [0.15, 0.2) is 39.2 Å². The smallest absolute Gasteiger partial charge is 0.308 e. The summed E-state index contributed by atoms with van der Waals surface area (Å²) >= 11 is 5.23. The summed E-state index contributed by atoms with van der Waals surface area (Å²) in [6.07, 6.45) is 0. The molecule has 6 nitrogen and oxygen atoms in total. The number of carbonyl (C=O) groups excluding carboxylic acids is 2. The zero-order valence-electron chi connectivity index (χ0n) is 15.2. The normalized spacial score (nSPS) is 13.9.